The Kier molecular flexibility index (Phi) is 8.52. The maximum atomic E-state index is 11.8. The second-order valence-electron chi connectivity index (χ2n) is 4.10. The number of nitrogens with one attached hydrogen (secondary N) is 2. The first-order valence-corrected chi connectivity index (χ1v) is 6.52. The van der Waals surface area contributed by atoms with Crippen LogP contribution in [0, 0.1) is 12.8 Å². The van der Waals surface area contributed by atoms with Crippen molar-refractivity contribution in [3.05, 3.63) is 16.1 Å². The first kappa shape index (κ1) is 17.6. The summed E-state index contributed by atoms with van der Waals surface area (Å²) in [7, 11) is 0. The molecule has 2 N–H and O–H groups in total. The number of rotatable bonds is 3. The van der Waals surface area contributed by atoms with Gasteiger partial charge in [-0.1, -0.05) is 0 Å². The molecule has 1 aromatic rings. The molecule has 0 radical (unpaired) electrons. The van der Waals surface area contributed by atoms with Crippen LogP contribution < -0.4 is 10.6 Å². The second kappa shape index (κ2) is 8.69. The van der Waals surface area contributed by atoms with Crippen molar-refractivity contribution in [3.63, 3.8) is 0 Å². The fraction of sp³-hybridized carbons (Fsp3) is 0.636. The van der Waals surface area contributed by atoms with Crippen molar-refractivity contribution >= 4 is 42.1 Å². The van der Waals surface area contributed by atoms with Gasteiger partial charge in [-0.25, -0.2) is 4.98 Å². The highest BCUT2D eigenvalue weighted by Crippen LogP contribution is 2.14. The SMILES string of the molecule is Cc1ncsc1CNC(=O)C1CCNCC1.Cl.Cl. The van der Waals surface area contributed by atoms with E-state index in [0.717, 1.165) is 36.5 Å². The van der Waals surface area contributed by atoms with Gasteiger partial charge in [0.2, 0.25) is 5.91 Å². The normalized spacial score (nSPS) is 15.4. The number of amides is 1. The Balaban J connectivity index is 0.00000144. The number of thiazole rings is 1. The smallest absolute Gasteiger partial charge is 0.223 e. The molecule has 18 heavy (non-hydrogen) atoms. The van der Waals surface area contributed by atoms with Gasteiger partial charge >= 0.3 is 0 Å². The first-order valence-electron chi connectivity index (χ1n) is 5.65. The molecule has 2 heterocycles. The summed E-state index contributed by atoms with van der Waals surface area (Å²) in [4.78, 5) is 17.2. The van der Waals surface area contributed by atoms with Crippen molar-refractivity contribution in [1.82, 2.24) is 15.6 Å². The summed E-state index contributed by atoms with van der Waals surface area (Å²) in [6.07, 6.45) is 1.90. The van der Waals surface area contributed by atoms with E-state index in [1.165, 1.54) is 0 Å². The Morgan fingerprint density at radius 3 is 2.72 bits per heavy atom. The third-order valence-electron chi connectivity index (χ3n) is 2.98. The minimum Gasteiger partial charge on any atom is -0.351 e. The van der Waals surface area contributed by atoms with Gasteiger partial charge in [-0.3, -0.25) is 4.79 Å². The van der Waals surface area contributed by atoms with Crippen molar-refractivity contribution in [3.8, 4) is 0 Å². The summed E-state index contributed by atoms with van der Waals surface area (Å²) >= 11 is 1.60. The van der Waals surface area contributed by atoms with E-state index >= 15 is 0 Å². The lowest BCUT2D eigenvalue weighted by Gasteiger charge is -2.21. The number of carbonyl (C=O) groups is 1. The van der Waals surface area contributed by atoms with Crippen LogP contribution in [0.2, 0.25) is 0 Å². The van der Waals surface area contributed by atoms with Gasteiger partial charge in [0.15, 0.2) is 0 Å². The zero-order valence-corrected chi connectivity index (χ0v) is 12.7. The third-order valence-corrected chi connectivity index (χ3v) is 3.91. The minimum atomic E-state index is 0. The molecule has 1 aromatic heterocycles. The average molecular weight is 312 g/mol. The Labute approximate surface area is 124 Å². The molecule has 0 aromatic carbocycles. The van der Waals surface area contributed by atoms with E-state index in [9.17, 15) is 4.79 Å². The molecule has 1 fully saturated rings. The molecule has 2 rings (SSSR count). The molecule has 0 unspecified atom stereocenters. The van der Waals surface area contributed by atoms with Gasteiger partial charge in [0.25, 0.3) is 0 Å². The van der Waals surface area contributed by atoms with Gasteiger partial charge in [0.05, 0.1) is 17.7 Å². The van der Waals surface area contributed by atoms with Crippen LogP contribution >= 0.6 is 36.2 Å². The maximum absolute atomic E-state index is 11.8. The van der Waals surface area contributed by atoms with Crippen LogP contribution in [0.5, 0.6) is 0 Å². The van der Waals surface area contributed by atoms with Crippen molar-refractivity contribution in [1.29, 1.82) is 0 Å². The average Bonchev–Trinajstić information content (AvgIpc) is 2.73. The molecule has 0 atom stereocenters. The number of aryl methyl sites for hydroxylation is 1. The van der Waals surface area contributed by atoms with Gasteiger partial charge in [-0.15, -0.1) is 36.2 Å². The van der Waals surface area contributed by atoms with E-state index in [2.05, 4.69) is 15.6 Å². The Morgan fingerprint density at radius 2 is 2.17 bits per heavy atom. The molecule has 104 valence electrons. The van der Waals surface area contributed by atoms with E-state index in [1.54, 1.807) is 11.3 Å². The topological polar surface area (TPSA) is 54.0 Å². The second-order valence-corrected chi connectivity index (χ2v) is 5.04. The molecule has 0 saturated carbocycles. The molecule has 1 amide bonds. The molecular weight excluding hydrogens is 293 g/mol. The van der Waals surface area contributed by atoms with Crippen molar-refractivity contribution in [2.45, 2.75) is 26.3 Å². The van der Waals surface area contributed by atoms with Crippen LogP contribution in [0.4, 0.5) is 0 Å². The van der Waals surface area contributed by atoms with E-state index in [-0.39, 0.29) is 36.6 Å². The van der Waals surface area contributed by atoms with Crippen LogP contribution in [-0.2, 0) is 11.3 Å². The summed E-state index contributed by atoms with van der Waals surface area (Å²) < 4.78 is 0. The lowest BCUT2D eigenvalue weighted by Crippen LogP contribution is -2.37. The predicted molar refractivity (Wildman–Crippen MR) is 78.8 cm³/mol. The van der Waals surface area contributed by atoms with Crippen LogP contribution in [0.3, 0.4) is 0 Å². The van der Waals surface area contributed by atoms with Crippen LogP contribution in [0.15, 0.2) is 5.51 Å². The molecule has 1 saturated heterocycles. The molecule has 0 spiro atoms. The third kappa shape index (κ3) is 4.72. The monoisotopic (exact) mass is 311 g/mol. The van der Waals surface area contributed by atoms with E-state index in [1.807, 2.05) is 12.4 Å². The highest BCUT2D eigenvalue weighted by Gasteiger charge is 2.20. The Bertz CT molecular complexity index is 367. The number of aromatic nitrogens is 1. The summed E-state index contributed by atoms with van der Waals surface area (Å²) in [6, 6.07) is 0. The maximum Gasteiger partial charge on any atom is 0.223 e. The van der Waals surface area contributed by atoms with Crippen LogP contribution in [0.1, 0.15) is 23.4 Å². The van der Waals surface area contributed by atoms with Crippen LogP contribution in [0.25, 0.3) is 0 Å². The molecule has 0 aliphatic carbocycles. The molecule has 7 heteroatoms. The van der Waals surface area contributed by atoms with Crippen LogP contribution in [-0.4, -0.2) is 24.0 Å². The molecule has 4 nitrogen and oxygen atoms in total. The van der Waals surface area contributed by atoms with E-state index in [0.29, 0.717) is 6.54 Å². The Morgan fingerprint density at radius 1 is 1.50 bits per heavy atom. The summed E-state index contributed by atoms with van der Waals surface area (Å²) in [5.41, 5.74) is 2.84. The molecule has 1 aliphatic rings. The van der Waals surface area contributed by atoms with Gasteiger partial charge in [-0.05, 0) is 32.9 Å². The minimum absolute atomic E-state index is 0. The predicted octanol–water partition coefficient (Wildman–Crippen LogP) is 1.91. The number of hydrogen-bond acceptors (Lipinski definition) is 4. The number of nitrogens with zero attached hydrogens (tertiary/aromatic N) is 1. The summed E-state index contributed by atoms with van der Waals surface area (Å²) in [6.45, 7) is 4.51. The van der Waals surface area contributed by atoms with Gasteiger partial charge in [0.1, 0.15) is 0 Å². The summed E-state index contributed by atoms with van der Waals surface area (Å²) in [5.74, 6) is 0.378. The molecular formula is C11H19Cl2N3OS. The lowest BCUT2D eigenvalue weighted by atomic mass is 9.97. The number of piperidine rings is 1. The number of carbonyl (C=O) groups excluding carboxylic acids is 1. The van der Waals surface area contributed by atoms with E-state index < -0.39 is 0 Å². The quantitative estimate of drug-likeness (QED) is 0.896. The van der Waals surface area contributed by atoms with Crippen molar-refractivity contribution in [2.75, 3.05) is 13.1 Å². The zero-order valence-electron chi connectivity index (χ0n) is 10.3. The Hall–Kier alpha value is -0.360. The fourth-order valence-electron chi connectivity index (χ4n) is 1.89. The zero-order chi connectivity index (χ0) is 11.4. The molecule has 0 bridgehead atoms. The summed E-state index contributed by atoms with van der Waals surface area (Å²) in [5, 5.41) is 6.26. The van der Waals surface area contributed by atoms with Gasteiger partial charge in [0, 0.05) is 10.8 Å². The number of halogens is 2. The standard InChI is InChI=1S/C11H17N3OS.2ClH/c1-8-10(16-7-14-8)6-13-11(15)9-2-4-12-5-3-9;;/h7,9,12H,2-6H2,1H3,(H,13,15);2*1H. The van der Waals surface area contributed by atoms with Gasteiger partial charge < -0.3 is 10.6 Å². The van der Waals surface area contributed by atoms with E-state index in [4.69, 9.17) is 0 Å². The fourth-order valence-corrected chi connectivity index (χ4v) is 2.61. The number of hydrogen-bond donors (Lipinski definition) is 2. The van der Waals surface area contributed by atoms with Crippen molar-refractivity contribution in [2.24, 2.45) is 5.92 Å². The molecule has 1 aliphatic heterocycles. The van der Waals surface area contributed by atoms with Crippen molar-refractivity contribution < 1.29 is 4.79 Å². The lowest BCUT2D eigenvalue weighted by molar-refractivity contribution is -0.125. The first-order chi connectivity index (χ1) is 7.77. The highest BCUT2D eigenvalue weighted by molar-refractivity contribution is 7.09. The van der Waals surface area contributed by atoms with Gasteiger partial charge in [-0.2, -0.15) is 0 Å². The largest absolute Gasteiger partial charge is 0.351 e. The highest BCUT2D eigenvalue weighted by atomic mass is 35.5.